The Balaban J connectivity index is 1.74. The minimum atomic E-state index is -1.10. The molecule has 5 nitrogen and oxygen atoms in total. The molecule has 0 aliphatic carbocycles. The first kappa shape index (κ1) is 16.2. The highest BCUT2D eigenvalue weighted by molar-refractivity contribution is 6.04. The number of hydrogen-bond acceptors (Lipinski definition) is 3. The Kier molecular flexibility index (Phi) is 4.91. The number of carbonyl (C=O) groups is 2. The van der Waals surface area contributed by atoms with Gasteiger partial charge in [-0.3, -0.25) is 4.79 Å². The lowest BCUT2D eigenvalue weighted by molar-refractivity contribution is 0.0691. The molecule has 0 spiro atoms. The van der Waals surface area contributed by atoms with Gasteiger partial charge in [-0.15, -0.1) is 0 Å². The van der Waals surface area contributed by atoms with Gasteiger partial charge in [0.2, 0.25) is 0 Å². The highest BCUT2D eigenvalue weighted by atomic mass is 16.4. The molecular weight excluding hydrogens is 304 g/mol. The standard InChI is InChI=1S/C19H20N2O3/c22-18(16-7-3-4-8-17(16)19(23)24)21-12-14-11-20-10-9-13-5-1-2-6-15(13)14/h1-8,14,20H,9-12H2,(H,21,22)(H,23,24). The Labute approximate surface area is 140 Å². The normalized spacial score (nSPS) is 16.8. The summed E-state index contributed by atoms with van der Waals surface area (Å²) in [5, 5.41) is 15.5. The van der Waals surface area contributed by atoms with Crippen molar-refractivity contribution in [3.63, 3.8) is 0 Å². The number of amides is 1. The van der Waals surface area contributed by atoms with Crippen LogP contribution in [0.15, 0.2) is 48.5 Å². The van der Waals surface area contributed by atoms with E-state index in [-0.39, 0.29) is 23.0 Å². The van der Waals surface area contributed by atoms with Gasteiger partial charge in [-0.05, 0) is 36.2 Å². The van der Waals surface area contributed by atoms with Gasteiger partial charge < -0.3 is 15.7 Å². The van der Waals surface area contributed by atoms with Crippen LogP contribution in [-0.2, 0) is 6.42 Å². The van der Waals surface area contributed by atoms with Crippen LogP contribution < -0.4 is 10.6 Å². The molecule has 0 bridgehead atoms. The van der Waals surface area contributed by atoms with Gasteiger partial charge in [0.05, 0.1) is 11.1 Å². The lowest BCUT2D eigenvalue weighted by Gasteiger charge is -2.18. The third-order valence-electron chi connectivity index (χ3n) is 4.37. The molecule has 3 rings (SSSR count). The molecule has 124 valence electrons. The Morgan fingerprint density at radius 1 is 1.08 bits per heavy atom. The molecule has 0 saturated carbocycles. The van der Waals surface area contributed by atoms with Crippen molar-refractivity contribution in [3.05, 3.63) is 70.8 Å². The van der Waals surface area contributed by atoms with E-state index in [1.165, 1.54) is 23.3 Å². The molecule has 1 atom stereocenters. The molecule has 3 N–H and O–H groups in total. The van der Waals surface area contributed by atoms with Crippen molar-refractivity contribution in [2.75, 3.05) is 19.6 Å². The van der Waals surface area contributed by atoms with E-state index in [1.54, 1.807) is 12.1 Å². The van der Waals surface area contributed by atoms with Crippen LogP contribution in [0.5, 0.6) is 0 Å². The first-order valence-electron chi connectivity index (χ1n) is 8.06. The second-order valence-corrected chi connectivity index (χ2v) is 5.91. The number of carboxylic acids is 1. The molecule has 2 aromatic rings. The summed E-state index contributed by atoms with van der Waals surface area (Å²) in [6.07, 6.45) is 0.975. The maximum atomic E-state index is 12.4. The molecule has 5 heteroatoms. The lowest BCUT2D eigenvalue weighted by atomic mass is 9.94. The summed E-state index contributed by atoms with van der Waals surface area (Å²) in [4.78, 5) is 23.7. The van der Waals surface area contributed by atoms with E-state index >= 15 is 0 Å². The van der Waals surface area contributed by atoms with Crippen LogP contribution in [0.4, 0.5) is 0 Å². The number of rotatable bonds is 4. The van der Waals surface area contributed by atoms with Crippen molar-refractivity contribution in [1.82, 2.24) is 10.6 Å². The van der Waals surface area contributed by atoms with Crippen LogP contribution in [0.3, 0.4) is 0 Å². The number of hydrogen-bond donors (Lipinski definition) is 3. The second kappa shape index (κ2) is 7.27. The van der Waals surface area contributed by atoms with Gasteiger partial charge in [0, 0.05) is 19.0 Å². The van der Waals surface area contributed by atoms with Crippen LogP contribution in [0, 0.1) is 0 Å². The van der Waals surface area contributed by atoms with E-state index in [0.717, 1.165) is 19.5 Å². The summed E-state index contributed by atoms with van der Waals surface area (Å²) >= 11 is 0. The van der Waals surface area contributed by atoms with Crippen molar-refractivity contribution < 1.29 is 14.7 Å². The second-order valence-electron chi connectivity index (χ2n) is 5.91. The van der Waals surface area contributed by atoms with Crippen molar-refractivity contribution in [2.24, 2.45) is 0 Å². The summed E-state index contributed by atoms with van der Waals surface area (Å²) in [7, 11) is 0. The first-order valence-corrected chi connectivity index (χ1v) is 8.06. The Hall–Kier alpha value is -2.66. The third kappa shape index (κ3) is 3.46. The predicted octanol–water partition coefficient (Wildman–Crippen LogP) is 2.04. The Morgan fingerprint density at radius 2 is 1.79 bits per heavy atom. The highest BCUT2D eigenvalue weighted by Gasteiger charge is 2.20. The van der Waals surface area contributed by atoms with Gasteiger partial charge in [0.1, 0.15) is 0 Å². The molecule has 1 unspecified atom stereocenters. The maximum Gasteiger partial charge on any atom is 0.336 e. The fourth-order valence-corrected chi connectivity index (χ4v) is 3.13. The molecule has 0 radical (unpaired) electrons. The summed E-state index contributed by atoms with van der Waals surface area (Å²) < 4.78 is 0. The van der Waals surface area contributed by atoms with Crippen LogP contribution in [0.2, 0.25) is 0 Å². The molecule has 24 heavy (non-hydrogen) atoms. The number of fused-ring (bicyclic) bond motifs is 1. The molecule has 1 aliphatic rings. The minimum absolute atomic E-state index is 0.0226. The van der Waals surface area contributed by atoms with Gasteiger partial charge in [-0.25, -0.2) is 4.79 Å². The largest absolute Gasteiger partial charge is 0.478 e. The van der Waals surface area contributed by atoms with Gasteiger partial charge in [0.15, 0.2) is 0 Å². The van der Waals surface area contributed by atoms with Crippen LogP contribution >= 0.6 is 0 Å². The van der Waals surface area contributed by atoms with Crippen molar-refractivity contribution >= 4 is 11.9 Å². The van der Waals surface area contributed by atoms with E-state index in [2.05, 4.69) is 22.8 Å². The minimum Gasteiger partial charge on any atom is -0.478 e. The third-order valence-corrected chi connectivity index (χ3v) is 4.37. The van der Waals surface area contributed by atoms with Crippen LogP contribution in [0.1, 0.15) is 37.8 Å². The fraction of sp³-hybridized carbons (Fsp3) is 0.263. The van der Waals surface area contributed by atoms with Gasteiger partial charge in [-0.2, -0.15) is 0 Å². The van der Waals surface area contributed by atoms with Crippen LogP contribution in [-0.4, -0.2) is 36.6 Å². The average molecular weight is 324 g/mol. The average Bonchev–Trinajstić information content (AvgIpc) is 2.82. The molecule has 1 aliphatic heterocycles. The van der Waals surface area contributed by atoms with E-state index in [0.29, 0.717) is 6.54 Å². The number of benzene rings is 2. The summed E-state index contributed by atoms with van der Waals surface area (Å²) in [5.74, 6) is -1.28. The molecule has 0 fully saturated rings. The zero-order valence-corrected chi connectivity index (χ0v) is 13.3. The zero-order valence-electron chi connectivity index (χ0n) is 13.3. The number of carboxylic acid groups (broad SMARTS) is 1. The lowest BCUT2D eigenvalue weighted by Crippen LogP contribution is -2.33. The molecular formula is C19H20N2O3. The summed E-state index contributed by atoms with van der Waals surface area (Å²) in [6.45, 7) is 2.18. The molecule has 2 aromatic carbocycles. The quantitative estimate of drug-likeness (QED) is 0.804. The topological polar surface area (TPSA) is 78.4 Å². The Bertz CT molecular complexity index is 758. The van der Waals surface area contributed by atoms with E-state index in [1.807, 2.05) is 12.1 Å². The van der Waals surface area contributed by atoms with Crippen molar-refractivity contribution in [3.8, 4) is 0 Å². The molecule has 1 heterocycles. The number of nitrogens with one attached hydrogen (secondary N) is 2. The highest BCUT2D eigenvalue weighted by Crippen LogP contribution is 2.22. The molecule has 0 saturated heterocycles. The van der Waals surface area contributed by atoms with Gasteiger partial charge in [-0.1, -0.05) is 36.4 Å². The van der Waals surface area contributed by atoms with Crippen LogP contribution in [0.25, 0.3) is 0 Å². The predicted molar refractivity (Wildman–Crippen MR) is 91.5 cm³/mol. The van der Waals surface area contributed by atoms with E-state index in [4.69, 9.17) is 0 Å². The summed E-state index contributed by atoms with van der Waals surface area (Å²) in [5.41, 5.74) is 2.76. The Morgan fingerprint density at radius 3 is 2.58 bits per heavy atom. The van der Waals surface area contributed by atoms with E-state index in [9.17, 15) is 14.7 Å². The van der Waals surface area contributed by atoms with Crippen molar-refractivity contribution in [1.29, 1.82) is 0 Å². The number of aromatic carboxylic acids is 1. The fourth-order valence-electron chi connectivity index (χ4n) is 3.13. The summed E-state index contributed by atoms with van der Waals surface area (Å²) in [6, 6.07) is 14.5. The van der Waals surface area contributed by atoms with Crippen molar-refractivity contribution in [2.45, 2.75) is 12.3 Å². The smallest absolute Gasteiger partial charge is 0.336 e. The maximum absolute atomic E-state index is 12.4. The first-order chi connectivity index (χ1) is 11.7. The zero-order chi connectivity index (χ0) is 16.9. The molecule has 1 amide bonds. The monoisotopic (exact) mass is 324 g/mol. The number of carbonyl (C=O) groups excluding carboxylic acids is 1. The van der Waals surface area contributed by atoms with E-state index < -0.39 is 5.97 Å². The van der Waals surface area contributed by atoms with Gasteiger partial charge >= 0.3 is 5.97 Å². The SMILES string of the molecule is O=C(O)c1ccccc1C(=O)NCC1CNCCc2ccccc21. The molecule has 0 aromatic heterocycles. The van der Waals surface area contributed by atoms with Gasteiger partial charge in [0.25, 0.3) is 5.91 Å².